The maximum atomic E-state index is 11.5. The first-order valence-corrected chi connectivity index (χ1v) is 16.1. The van der Waals surface area contributed by atoms with Crippen LogP contribution in [0.1, 0.15) is 110 Å². The number of sulfonamides is 2. The zero-order valence-electron chi connectivity index (χ0n) is 22.0. The Morgan fingerprint density at radius 3 is 1.32 bits per heavy atom. The van der Waals surface area contributed by atoms with Crippen LogP contribution in [0.15, 0.2) is 0 Å². The second-order valence-corrected chi connectivity index (χ2v) is 13.4. The summed E-state index contributed by atoms with van der Waals surface area (Å²) in [5, 5.41) is 0. The van der Waals surface area contributed by atoms with Crippen molar-refractivity contribution < 1.29 is 43.2 Å². The zero-order chi connectivity index (χ0) is 28.6. The SMILES string of the molecule is CCCCCCCCCCCCCCCCN1CCC(C)C1.O=S(=O)(NS(=O)(=O)C(F)(F)F)C(F)(F)F. The van der Waals surface area contributed by atoms with E-state index >= 15 is 0 Å². The van der Waals surface area contributed by atoms with Crippen molar-refractivity contribution >= 4 is 20.0 Å². The van der Waals surface area contributed by atoms with Crippen LogP contribution in [0.4, 0.5) is 26.3 Å². The van der Waals surface area contributed by atoms with Gasteiger partial charge in [-0.1, -0.05) is 101 Å². The molecule has 1 unspecified atom stereocenters. The summed E-state index contributed by atoms with van der Waals surface area (Å²) in [5.41, 5.74) is -12.3. The fourth-order valence-electron chi connectivity index (χ4n) is 4.00. The summed E-state index contributed by atoms with van der Waals surface area (Å²) in [6.45, 7) is 8.78. The van der Waals surface area contributed by atoms with Crippen molar-refractivity contribution in [3.8, 4) is 0 Å². The highest BCUT2D eigenvalue weighted by molar-refractivity contribution is 8.05. The lowest BCUT2D eigenvalue weighted by Crippen LogP contribution is -2.45. The highest BCUT2D eigenvalue weighted by atomic mass is 32.3. The molecule has 6 nitrogen and oxygen atoms in total. The molecule has 1 heterocycles. The average molecular weight is 591 g/mol. The molecule has 1 atom stereocenters. The maximum Gasteiger partial charge on any atom is 0.512 e. The van der Waals surface area contributed by atoms with Gasteiger partial charge in [-0.2, -0.15) is 26.3 Å². The van der Waals surface area contributed by atoms with E-state index in [-0.39, 0.29) is 0 Å². The minimum atomic E-state index is -6.60. The molecule has 1 fully saturated rings. The minimum absolute atomic E-state index is 0.493. The minimum Gasteiger partial charge on any atom is -0.303 e. The summed E-state index contributed by atoms with van der Waals surface area (Å²) in [6.07, 6.45) is 21.9. The molecule has 0 aromatic carbocycles. The normalized spacial score (nSPS) is 17.6. The van der Waals surface area contributed by atoms with Gasteiger partial charge in [0.15, 0.2) is 0 Å². The molecule has 0 spiro atoms. The van der Waals surface area contributed by atoms with E-state index in [1.165, 1.54) is 116 Å². The molecule has 1 N–H and O–H groups in total. The summed E-state index contributed by atoms with van der Waals surface area (Å²) in [5.74, 6) is 0.951. The van der Waals surface area contributed by atoms with E-state index in [2.05, 4.69) is 18.7 Å². The van der Waals surface area contributed by atoms with Crippen LogP contribution in [0.3, 0.4) is 0 Å². The highest BCUT2D eigenvalue weighted by Gasteiger charge is 2.55. The van der Waals surface area contributed by atoms with Crippen LogP contribution in [0.2, 0.25) is 0 Å². The van der Waals surface area contributed by atoms with Gasteiger partial charge in [0.2, 0.25) is 0 Å². The molecular formula is C23H44F6N2O4S2. The molecule has 14 heteroatoms. The molecule has 0 aromatic heterocycles. The summed E-state index contributed by atoms with van der Waals surface area (Å²) < 4.78 is 108. The third-order valence-corrected chi connectivity index (χ3v) is 9.14. The van der Waals surface area contributed by atoms with Crippen LogP contribution in [0, 0.1) is 5.92 Å². The van der Waals surface area contributed by atoms with Crippen molar-refractivity contribution in [1.82, 2.24) is 9.03 Å². The Hall–Kier alpha value is -0.600. The molecule has 37 heavy (non-hydrogen) atoms. The predicted molar refractivity (Wildman–Crippen MR) is 134 cm³/mol. The fraction of sp³-hybridized carbons (Fsp3) is 1.00. The molecule has 1 aliphatic heterocycles. The number of rotatable bonds is 17. The Bertz CT molecular complexity index is 761. The Morgan fingerprint density at radius 1 is 0.676 bits per heavy atom. The van der Waals surface area contributed by atoms with Gasteiger partial charge in [0.25, 0.3) is 0 Å². The molecule has 0 radical (unpaired) electrons. The second kappa shape index (κ2) is 17.9. The molecule has 1 saturated heterocycles. The van der Waals surface area contributed by atoms with Crippen LogP contribution in [0.5, 0.6) is 0 Å². The lowest BCUT2D eigenvalue weighted by molar-refractivity contribution is -0.0476. The number of hydrogen-bond donors (Lipinski definition) is 1. The van der Waals surface area contributed by atoms with Crippen LogP contribution in [0.25, 0.3) is 0 Å². The van der Waals surface area contributed by atoms with Crippen molar-refractivity contribution in [2.24, 2.45) is 5.92 Å². The van der Waals surface area contributed by atoms with Gasteiger partial charge in [0.1, 0.15) is 0 Å². The summed E-state index contributed by atoms with van der Waals surface area (Å²) in [6, 6.07) is 0. The lowest BCUT2D eigenvalue weighted by Gasteiger charge is -2.14. The third-order valence-electron chi connectivity index (χ3n) is 6.16. The van der Waals surface area contributed by atoms with Crippen LogP contribution >= 0.6 is 0 Å². The number of unbranched alkanes of at least 4 members (excludes halogenated alkanes) is 13. The Morgan fingerprint density at radius 2 is 1.03 bits per heavy atom. The molecule has 0 amide bonds. The van der Waals surface area contributed by atoms with Gasteiger partial charge >= 0.3 is 31.1 Å². The summed E-state index contributed by atoms with van der Waals surface area (Å²) in [4.78, 5) is 2.67. The van der Waals surface area contributed by atoms with Gasteiger partial charge < -0.3 is 4.90 Å². The van der Waals surface area contributed by atoms with Gasteiger partial charge in [-0.3, -0.25) is 0 Å². The number of halogens is 6. The van der Waals surface area contributed by atoms with Crippen molar-refractivity contribution in [2.75, 3.05) is 19.6 Å². The monoisotopic (exact) mass is 590 g/mol. The standard InChI is InChI=1S/C21H43N.C2HF6NO4S2/c1-3-4-5-6-7-8-9-10-11-12-13-14-15-16-18-22-19-17-21(2)20-22;3-1(4,5)14(10,11)9-15(12,13)2(6,7)8/h21H,3-20H2,1-2H3;9H. The number of nitrogens with zero attached hydrogens (tertiary/aromatic N) is 1. The summed E-state index contributed by atoms with van der Waals surface area (Å²) >= 11 is 0. The van der Waals surface area contributed by atoms with E-state index in [4.69, 9.17) is 0 Å². The smallest absolute Gasteiger partial charge is 0.303 e. The first kappa shape index (κ1) is 36.4. The Kier molecular flexibility index (Phi) is 17.6. The van der Waals surface area contributed by atoms with Crippen LogP contribution in [-0.2, 0) is 20.0 Å². The Labute approximate surface area is 219 Å². The van der Waals surface area contributed by atoms with Crippen LogP contribution < -0.4 is 4.13 Å². The van der Waals surface area contributed by atoms with Crippen molar-refractivity contribution in [3.05, 3.63) is 0 Å². The maximum absolute atomic E-state index is 11.5. The molecule has 224 valence electrons. The van der Waals surface area contributed by atoms with Crippen molar-refractivity contribution in [2.45, 2.75) is 121 Å². The zero-order valence-corrected chi connectivity index (χ0v) is 23.6. The van der Waals surface area contributed by atoms with E-state index in [0.717, 1.165) is 5.92 Å². The third kappa shape index (κ3) is 16.9. The summed E-state index contributed by atoms with van der Waals surface area (Å²) in [7, 11) is -13.2. The molecular weight excluding hydrogens is 546 g/mol. The molecule has 0 aliphatic carbocycles. The van der Waals surface area contributed by atoms with Crippen molar-refractivity contribution in [3.63, 3.8) is 0 Å². The van der Waals surface area contributed by atoms with Gasteiger partial charge in [-0.25, -0.2) is 16.8 Å². The largest absolute Gasteiger partial charge is 0.512 e. The fourth-order valence-corrected chi connectivity index (χ4v) is 5.91. The first-order chi connectivity index (χ1) is 17.0. The topological polar surface area (TPSA) is 83.6 Å². The van der Waals surface area contributed by atoms with E-state index < -0.39 is 35.2 Å². The molecule has 0 saturated carbocycles. The van der Waals surface area contributed by atoms with E-state index in [1.807, 2.05) is 0 Å². The number of hydrogen-bond acceptors (Lipinski definition) is 5. The molecule has 0 aromatic rings. The quantitative estimate of drug-likeness (QED) is 0.145. The predicted octanol–water partition coefficient (Wildman–Crippen LogP) is 7.08. The second-order valence-electron chi connectivity index (χ2n) is 9.77. The highest BCUT2D eigenvalue weighted by Crippen LogP contribution is 2.27. The lowest BCUT2D eigenvalue weighted by atomic mass is 10.0. The van der Waals surface area contributed by atoms with E-state index in [0.29, 0.717) is 0 Å². The van der Waals surface area contributed by atoms with Crippen molar-refractivity contribution in [1.29, 1.82) is 0 Å². The average Bonchev–Trinajstić information content (AvgIpc) is 3.17. The molecule has 1 rings (SSSR count). The molecule has 1 aliphatic rings. The van der Waals surface area contributed by atoms with Gasteiger partial charge in [0, 0.05) is 6.54 Å². The van der Waals surface area contributed by atoms with Gasteiger partial charge in [-0.15, -0.1) is 0 Å². The molecule has 0 bridgehead atoms. The van der Waals surface area contributed by atoms with Gasteiger partial charge in [-0.05, 0) is 31.8 Å². The first-order valence-electron chi connectivity index (χ1n) is 13.2. The number of likely N-dealkylation sites (tertiary alicyclic amines) is 1. The van der Waals surface area contributed by atoms with E-state index in [1.54, 1.807) is 0 Å². The van der Waals surface area contributed by atoms with Gasteiger partial charge in [0.05, 0.1) is 0 Å². The van der Waals surface area contributed by atoms with Crippen LogP contribution in [-0.4, -0.2) is 52.4 Å². The number of alkyl halides is 6. The van der Waals surface area contributed by atoms with E-state index in [9.17, 15) is 43.2 Å². The number of nitrogens with one attached hydrogen (secondary N) is 1. The Balaban J connectivity index is 0.000000757.